The summed E-state index contributed by atoms with van der Waals surface area (Å²) < 4.78 is 0. The molecule has 1 unspecified atom stereocenters. The zero-order valence-electron chi connectivity index (χ0n) is 15.0. The third-order valence-electron chi connectivity index (χ3n) is 4.94. The molecule has 0 saturated carbocycles. The number of anilines is 1. The molecule has 1 atom stereocenters. The molecule has 1 fully saturated rings. The van der Waals surface area contributed by atoms with Crippen molar-refractivity contribution in [2.24, 2.45) is 5.92 Å². The number of fused-ring (bicyclic) bond motifs is 1. The second-order valence-electron chi connectivity index (χ2n) is 7.05. The molecule has 1 aliphatic heterocycles. The van der Waals surface area contributed by atoms with E-state index in [9.17, 15) is 0 Å². The minimum atomic E-state index is 0.639. The number of hydrogen-bond donors (Lipinski definition) is 1. The Morgan fingerprint density at radius 2 is 2.20 bits per heavy atom. The predicted octanol–water partition coefficient (Wildman–Crippen LogP) is 4.87. The summed E-state index contributed by atoms with van der Waals surface area (Å²) in [5, 5.41) is 9.17. The molecular formula is C19H24N4S2. The van der Waals surface area contributed by atoms with Crippen LogP contribution in [-0.2, 0) is 0 Å². The molecule has 1 saturated heterocycles. The molecule has 0 bridgehead atoms. The first-order valence-electron chi connectivity index (χ1n) is 8.89. The quantitative estimate of drug-likeness (QED) is 0.694. The Labute approximate surface area is 156 Å². The first-order chi connectivity index (χ1) is 12.1. The lowest BCUT2D eigenvalue weighted by Crippen LogP contribution is -2.29. The van der Waals surface area contributed by atoms with Gasteiger partial charge in [0.05, 0.1) is 5.39 Å². The van der Waals surface area contributed by atoms with Gasteiger partial charge < -0.3 is 10.2 Å². The van der Waals surface area contributed by atoms with Crippen LogP contribution in [0.25, 0.3) is 20.7 Å². The van der Waals surface area contributed by atoms with Crippen LogP contribution in [0.1, 0.15) is 26.1 Å². The SMILES string of the molecule is Cc1nc(NCC2CCN(C(C)C)C2)c2c(-c3cccs3)csc2n1. The van der Waals surface area contributed by atoms with E-state index in [0.29, 0.717) is 12.0 Å². The summed E-state index contributed by atoms with van der Waals surface area (Å²) >= 11 is 3.48. The van der Waals surface area contributed by atoms with Crippen molar-refractivity contribution in [1.82, 2.24) is 14.9 Å². The Morgan fingerprint density at radius 3 is 2.92 bits per heavy atom. The highest BCUT2D eigenvalue weighted by Gasteiger charge is 2.24. The highest BCUT2D eigenvalue weighted by Crippen LogP contribution is 2.39. The monoisotopic (exact) mass is 372 g/mol. The van der Waals surface area contributed by atoms with E-state index in [1.807, 2.05) is 6.92 Å². The van der Waals surface area contributed by atoms with Crippen LogP contribution in [0.2, 0.25) is 0 Å². The summed E-state index contributed by atoms with van der Waals surface area (Å²) in [4.78, 5) is 14.3. The highest BCUT2D eigenvalue weighted by molar-refractivity contribution is 7.18. The number of nitrogens with zero attached hydrogens (tertiary/aromatic N) is 3. The van der Waals surface area contributed by atoms with Gasteiger partial charge in [0, 0.05) is 35.0 Å². The van der Waals surface area contributed by atoms with Gasteiger partial charge in [-0.05, 0) is 51.1 Å². The minimum absolute atomic E-state index is 0.639. The van der Waals surface area contributed by atoms with Gasteiger partial charge in [0.2, 0.25) is 0 Å². The fourth-order valence-corrected chi connectivity index (χ4v) is 5.34. The van der Waals surface area contributed by atoms with Gasteiger partial charge >= 0.3 is 0 Å². The number of aromatic nitrogens is 2. The van der Waals surface area contributed by atoms with Crippen molar-refractivity contribution in [2.45, 2.75) is 33.2 Å². The third-order valence-corrected chi connectivity index (χ3v) is 6.71. The summed E-state index contributed by atoms with van der Waals surface area (Å²) in [6.45, 7) is 9.91. The van der Waals surface area contributed by atoms with Crippen LogP contribution in [0.3, 0.4) is 0 Å². The van der Waals surface area contributed by atoms with E-state index in [2.05, 4.69) is 51.9 Å². The normalized spacial score (nSPS) is 18.5. The number of rotatable bonds is 5. The highest BCUT2D eigenvalue weighted by atomic mass is 32.1. The van der Waals surface area contributed by atoms with Crippen LogP contribution >= 0.6 is 22.7 Å². The molecule has 0 aliphatic carbocycles. The maximum atomic E-state index is 4.73. The Hall–Kier alpha value is -1.50. The zero-order valence-corrected chi connectivity index (χ0v) is 16.6. The van der Waals surface area contributed by atoms with Crippen molar-refractivity contribution in [3.05, 3.63) is 28.7 Å². The van der Waals surface area contributed by atoms with E-state index >= 15 is 0 Å². The van der Waals surface area contributed by atoms with Crippen LogP contribution in [0.15, 0.2) is 22.9 Å². The lowest BCUT2D eigenvalue weighted by molar-refractivity contribution is 0.266. The molecule has 0 aromatic carbocycles. The molecule has 0 amide bonds. The number of aryl methyl sites for hydroxylation is 1. The zero-order chi connectivity index (χ0) is 17.4. The van der Waals surface area contributed by atoms with Crippen LogP contribution in [0, 0.1) is 12.8 Å². The number of nitrogens with one attached hydrogen (secondary N) is 1. The molecule has 1 N–H and O–H groups in total. The van der Waals surface area contributed by atoms with E-state index in [-0.39, 0.29) is 0 Å². The molecule has 1 aliphatic rings. The van der Waals surface area contributed by atoms with Gasteiger partial charge in [-0.25, -0.2) is 9.97 Å². The first kappa shape index (κ1) is 16.9. The third kappa shape index (κ3) is 3.43. The van der Waals surface area contributed by atoms with Gasteiger partial charge in [-0.2, -0.15) is 0 Å². The topological polar surface area (TPSA) is 41.1 Å². The molecule has 6 heteroatoms. The molecule has 0 spiro atoms. The van der Waals surface area contributed by atoms with Gasteiger partial charge in [0.15, 0.2) is 0 Å². The van der Waals surface area contributed by atoms with Crippen LogP contribution in [0.4, 0.5) is 5.82 Å². The van der Waals surface area contributed by atoms with Crippen molar-refractivity contribution < 1.29 is 0 Å². The molecule has 3 aromatic heterocycles. The summed E-state index contributed by atoms with van der Waals surface area (Å²) in [7, 11) is 0. The lowest BCUT2D eigenvalue weighted by atomic mass is 10.1. The standard InChI is InChI=1S/C19H24N4S2/c1-12(2)23-7-6-14(10-23)9-20-18-17-15(16-5-4-8-24-16)11-25-19(17)22-13(3)21-18/h4-5,8,11-12,14H,6-7,9-10H2,1-3H3,(H,20,21,22). The molecule has 4 heterocycles. The Balaban J connectivity index is 1.60. The smallest absolute Gasteiger partial charge is 0.139 e. The average Bonchev–Trinajstić information content (AvgIpc) is 3.31. The molecular weight excluding hydrogens is 348 g/mol. The van der Waals surface area contributed by atoms with Gasteiger partial charge in [0.25, 0.3) is 0 Å². The van der Waals surface area contributed by atoms with E-state index in [1.165, 1.54) is 35.3 Å². The molecule has 0 radical (unpaired) electrons. The summed E-state index contributed by atoms with van der Waals surface area (Å²) in [6.07, 6.45) is 1.26. The maximum absolute atomic E-state index is 4.73. The van der Waals surface area contributed by atoms with Gasteiger partial charge in [-0.3, -0.25) is 0 Å². The molecule has 4 nitrogen and oxygen atoms in total. The van der Waals surface area contributed by atoms with E-state index in [0.717, 1.165) is 23.0 Å². The maximum Gasteiger partial charge on any atom is 0.139 e. The first-order valence-corrected chi connectivity index (χ1v) is 10.7. The largest absolute Gasteiger partial charge is 0.369 e. The summed E-state index contributed by atoms with van der Waals surface area (Å²) in [5.74, 6) is 2.52. The van der Waals surface area contributed by atoms with Crippen molar-refractivity contribution in [3.63, 3.8) is 0 Å². The molecule has 25 heavy (non-hydrogen) atoms. The van der Waals surface area contributed by atoms with Gasteiger partial charge in [0.1, 0.15) is 16.5 Å². The minimum Gasteiger partial charge on any atom is -0.369 e. The van der Waals surface area contributed by atoms with Crippen LogP contribution < -0.4 is 5.32 Å². The predicted molar refractivity (Wildman–Crippen MR) is 109 cm³/mol. The molecule has 132 valence electrons. The van der Waals surface area contributed by atoms with E-state index in [1.54, 1.807) is 22.7 Å². The molecule has 4 rings (SSSR count). The number of likely N-dealkylation sites (tertiary alicyclic amines) is 1. The second kappa shape index (κ2) is 7.02. The van der Waals surface area contributed by atoms with Crippen molar-refractivity contribution >= 4 is 38.7 Å². The summed E-state index contributed by atoms with van der Waals surface area (Å²) in [5.41, 5.74) is 1.26. The van der Waals surface area contributed by atoms with Crippen molar-refractivity contribution in [2.75, 3.05) is 25.0 Å². The Morgan fingerprint density at radius 1 is 1.32 bits per heavy atom. The van der Waals surface area contributed by atoms with E-state index in [4.69, 9.17) is 4.98 Å². The van der Waals surface area contributed by atoms with Crippen molar-refractivity contribution in [1.29, 1.82) is 0 Å². The molecule has 3 aromatic rings. The Kier molecular flexibility index (Phi) is 4.75. The van der Waals surface area contributed by atoms with Gasteiger partial charge in [-0.1, -0.05) is 6.07 Å². The lowest BCUT2D eigenvalue weighted by Gasteiger charge is -2.20. The fraction of sp³-hybridized carbons (Fsp3) is 0.474. The number of hydrogen-bond acceptors (Lipinski definition) is 6. The Bertz CT molecular complexity index is 854. The van der Waals surface area contributed by atoms with Crippen LogP contribution in [0.5, 0.6) is 0 Å². The van der Waals surface area contributed by atoms with E-state index < -0.39 is 0 Å². The number of thiophene rings is 2. The fourth-order valence-electron chi connectivity index (χ4n) is 3.53. The second-order valence-corrected chi connectivity index (χ2v) is 8.86. The van der Waals surface area contributed by atoms with Gasteiger partial charge in [-0.15, -0.1) is 22.7 Å². The van der Waals surface area contributed by atoms with Crippen LogP contribution in [-0.4, -0.2) is 40.5 Å². The average molecular weight is 373 g/mol. The summed E-state index contributed by atoms with van der Waals surface area (Å²) in [6, 6.07) is 4.91. The van der Waals surface area contributed by atoms with Crippen molar-refractivity contribution in [3.8, 4) is 10.4 Å².